The number of nitrogens with zero attached hydrogens (tertiary/aromatic N) is 1. The fourth-order valence-electron chi connectivity index (χ4n) is 2.82. The number of benzene rings is 1. The fraction of sp³-hybridized carbons (Fsp3) is 0.500. The predicted molar refractivity (Wildman–Crippen MR) is 81.7 cm³/mol. The molecule has 2 N–H and O–H groups in total. The quantitative estimate of drug-likeness (QED) is 0.893. The van der Waals surface area contributed by atoms with Crippen LogP contribution in [0, 0.1) is 12.8 Å². The molecule has 1 aromatic carbocycles. The van der Waals surface area contributed by atoms with Crippen LogP contribution in [0.15, 0.2) is 18.2 Å². The van der Waals surface area contributed by atoms with E-state index in [9.17, 15) is 14.7 Å². The Balaban J connectivity index is 2.03. The van der Waals surface area contributed by atoms with E-state index in [1.807, 2.05) is 6.92 Å². The van der Waals surface area contributed by atoms with Crippen LogP contribution >= 0.6 is 0 Å². The van der Waals surface area contributed by atoms with Gasteiger partial charge in [0, 0.05) is 13.6 Å². The van der Waals surface area contributed by atoms with Crippen molar-refractivity contribution >= 4 is 17.7 Å². The molecule has 1 fully saturated rings. The number of amides is 2. The van der Waals surface area contributed by atoms with E-state index in [2.05, 4.69) is 5.32 Å². The molecule has 0 radical (unpaired) electrons. The number of carboxylic acid groups (broad SMARTS) is 1. The summed E-state index contributed by atoms with van der Waals surface area (Å²) in [6, 6.07) is 4.74. The van der Waals surface area contributed by atoms with E-state index < -0.39 is 5.97 Å². The first kappa shape index (κ1) is 15.4. The molecule has 2 rings (SSSR count). The zero-order chi connectivity index (χ0) is 15.4. The van der Waals surface area contributed by atoms with E-state index in [1.54, 1.807) is 30.1 Å². The lowest BCUT2D eigenvalue weighted by Crippen LogP contribution is -2.35. The SMILES string of the molecule is Cc1ccc(NC(=O)N(C)CC2CCCC2)c(C(=O)O)c1. The van der Waals surface area contributed by atoms with Crippen molar-refractivity contribution < 1.29 is 14.7 Å². The minimum atomic E-state index is -1.03. The molecule has 0 aliphatic heterocycles. The maximum atomic E-state index is 12.2. The van der Waals surface area contributed by atoms with Gasteiger partial charge in [-0.1, -0.05) is 24.5 Å². The largest absolute Gasteiger partial charge is 0.478 e. The molecular weight excluding hydrogens is 268 g/mol. The third-order valence-corrected chi connectivity index (χ3v) is 4.00. The minimum Gasteiger partial charge on any atom is -0.478 e. The number of carbonyl (C=O) groups is 2. The Bertz CT molecular complexity index is 536. The molecule has 1 aliphatic rings. The van der Waals surface area contributed by atoms with Crippen LogP contribution < -0.4 is 5.32 Å². The molecule has 0 aromatic heterocycles. The molecule has 0 heterocycles. The summed E-state index contributed by atoms with van der Waals surface area (Å²) in [5, 5.41) is 11.9. The number of carboxylic acids is 1. The smallest absolute Gasteiger partial charge is 0.337 e. The van der Waals surface area contributed by atoms with E-state index >= 15 is 0 Å². The van der Waals surface area contributed by atoms with Gasteiger partial charge in [0.25, 0.3) is 0 Å². The highest BCUT2D eigenvalue weighted by molar-refractivity contribution is 6.00. The molecule has 0 spiro atoms. The van der Waals surface area contributed by atoms with Gasteiger partial charge in [-0.15, -0.1) is 0 Å². The Morgan fingerprint density at radius 3 is 2.62 bits per heavy atom. The van der Waals surface area contributed by atoms with Gasteiger partial charge in [-0.25, -0.2) is 9.59 Å². The highest BCUT2D eigenvalue weighted by atomic mass is 16.4. The molecule has 1 aliphatic carbocycles. The van der Waals surface area contributed by atoms with Crippen molar-refractivity contribution in [2.24, 2.45) is 5.92 Å². The molecule has 0 bridgehead atoms. The second-order valence-electron chi connectivity index (χ2n) is 5.82. The molecule has 0 unspecified atom stereocenters. The number of urea groups is 1. The van der Waals surface area contributed by atoms with Gasteiger partial charge < -0.3 is 15.3 Å². The van der Waals surface area contributed by atoms with Crippen molar-refractivity contribution in [2.45, 2.75) is 32.6 Å². The van der Waals surface area contributed by atoms with Gasteiger partial charge in [-0.05, 0) is 37.8 Å². The number of hydrogen-bond acceptors (Lipinski definition) is 2. The first-order valence-electron chi connectivity index (χ1n) is 7.33. The van der Waals surface area contributed by atoms with Crippen LogP contribution in [0.5, 0.6) is 0 Å². The highest BCUT2D eigenvalue weighted by Gasteiger charge is 2.20. The average molecular weight is 290 g/mol. The summed E-state index contributed by atoms with van der Waals surface area (Å²) in [5.74, 6) is -0.467. The lowest BCUT2D eigenvalue weighted by atomic mass is 10.1. The van der Waals surface area contributed by atoms with Gasteiger partial charge in [-0.2, -0.15) is 0 Å². The summed E-state index contributed by atoms with van der Waals surface area (Å²) in [6.45, 7) is 2.55. The van der Waals surface area contributed by atoms with Gasteiger partial charge in [0.05, 0.1) is 11.3 Å². The van der Waals surface area contributed by atoms with Crippen LogP contribution in [0.3, 0.4) is 0 Å². The Morgan fingerprint density at radius 1 is 1.33 bits per heavy atom. The summed E-state index contributed by atoms with van der Waals surface area (Å²) < 4.78 is 0. The van der Waals surface area contributed by atoms with Gasteiger partial charge >= 0.3 is 12.0 Å². The third kappa shape index (κ3) is 3.97. The second-order valence-corrected chi connectivity index (χ2v) is 5.82. The number of anilines is 1. The van der Waals surface area contributed by atoms with Crippen molar-refractivity contribution in [2.75, 3.05) is 18.9 Å². The molecule has 1 saturated carbocycles. The number of carbonyl (C=O) groups excluding carboxylic acids is 1. The molecule has 114 valence electrons. The first-order valence-corrected chi connectivity index (χ1v) is 7.33. The van der Waals surface area contributed by atoms with Crippen molar-refractivity contribution in [1.82, 2.24) is 4.90 Å². The van der Waals surface area contributed by atoms with Crippen LogP contribution in [-0.4, -0.2) is 35.6 Å². The van der Waals surface area contributed by atoms with Crippen LogP contribution in [0.25, 0.3) is 0 Å². The molecular formula is C16H22N2O3. The normalized spacial score (nSPS) is 15.0. The highest BCUT2D eigenvalue weighted by Crippen LogP contribution is 2.25. The Kier molecular flexibility index (Phi) is 4.83. The summed E-state index contributed by atoms with van der Waals surface area (Å²) >= 11 is 0. The van der Waals surface area contributed by atoms with E-state index in [0.29, 0.717) is 11.6 Å². The number of aryl methyl sites for hydroxylation is 1. The number of aromatic carboxylic acids is 1. The molecule has 5 nitrogen and oxygen atoms in total. The monoisotopic (exact) mass is 290 g/mol. The average Bonchev–Trinajstić information content (AvgIpc) is 2.93. The summed E-state index contributed by atoms with van der Waals surface area (Å²) in [4.78, 5) is 25.1. The van der Waals surface area contributed by atoms with Crippen molar-refractivity contribution in [1.29, 1.82) is 0 Å². The number of nitrogens with one attached hydrogen (secondary N) is 1. The van der Waals surface area contributed by atoms with Crippen molar-refractivity contribution in [3.8, 4) is 0 Å². The lowest BCUT2D eigenvalue weighted by molar-refractivity contribution is 0.0698. The predicted octanol–water partition coefficient (Wildman–Crippen LogP) is 3.35. The zero-order valence-electron chi connectivity index (χ0n) is 12.6. The van der Waals surface area contributed by atoms with Gasteiger partial charge in [-0.3, -0.25) is 0 Å². The summed E-state index contributed by atoms with van der Waals surface area (Å²) in [7, 11) is 1.75. The van der Waals surface area contributed by atoms with E-state index in [0.717, 1.165) is 12.1 Å². The Morgan fingerprint density at radius 2 is 2.00 bits per heavy atom. The molecule has 0 atom stereocenters. The Hall–Kier alpha value is -2.04. The number of hydrogen-bond donors (Lipinski definition) is 2. The van der Waals surface area contributed by atoms with Crippen LogP contribution in [0.2, 0.25) is 0 Å². The van der Waals surface area contributed by atoms with E-state index in [-0.39, 0.29) is 11.6 Å². The van der Waals surface area contributed by atoms with E-state index in [1.165, 1.54) is 25.7 Å². The Labute approximate surface area is 125 Å². The summed E-state index contributed by atoms with van der Waals surface area (Å²) in [6.07, 6.45) is 4.81. The molecule has 1 aromatic rings. The van der Waals surface area contributed by atoms with Crippen molar-refractivity contribution in [3.05, 3.63) is 29.3 Å². The third-order valence-electron chi connectivity index (χ3n) is 4.00. The maximum Gasteiger partial charge on any atom is 0.337 e. The molecule has 5 heteroatoms. The van der Waals surface area contributed by atoms with Crippen molar-refractivity contribution in [3.63, 3.8) is 0 Å². The lowest BCUT2D eigenvalue weighted by Gasteiger charge is -2.22. The van der Waals surface area contributed by atoms with E-state index in [4.69, 9.17) is 0 Å². The molecule has 2 amide bonds. The van der Waals surface area contributed by atoms with Gasteiger partial charge in [0.15, 0.2) is 0 Å². The zero-order valence-corrected chi connectivity index (χ0v) is 12.6. The van der Waals surface area contributed by atoms with Crippen LogP contribution in [-0.2, 0) is 0 Å². The van der Waals surface area contributed by atoms with Gasteiger partial charge in [0.1, 0.15) is 0 Å². The first-order chi connectivity index (χ1) is 9.97. The van der Waals surface area contributed by atoms with Crippen LogP contribution in [0.4, 0.5) is 10.5 Å². The fourth-order valence-corrected chi connectivity index (χ4v) is 2.82. The van der Waals surface area contributed by atoms with Crippen LogP contribution in [0.1, 0.15) is 41.6 Å². The molecule has 21 heavy (non-hydrogen) atoms. The minimum absolute atomic E-state index is 0.123. The summed E-state index contributed by atoms with van der Waals surface area (Å²) in [5.41, 5.74) is 1.32. The topological polar surface area (TPSA) is 69.6 Å². The standard InChI is InChI=1S/C16H22N2O3/c1-11-7-8-14(13(9-11)15(19)20)17-16(21)18(2)10-12-5-3-4-6-12/h7-9,12H,3-6,10H2,1-2H3,(H,17,21)(H,19,20). The number of rotatable bonds is 4. The molecule has 0 saturated heterocycles. The second kappa shape index (κ2) is 6.61. The van der Waals surface area contributed by atoms with Gasteiger partial charge in [0.2, 0.25) is 0 Å². The maximum absolute atomic E-state index is 12.2.